The summed E-state index contributed by atoms with van der Waals surface area (Å²) in [4.78, 5) is 51.0. The Morgan fingerprint density at radius 1 is 1.00 bits per heavy atom. The number of aryl methyl sites for hydroxylation is 1. The Labute approximate surface area is 162 Å². The second kappa shape index (κ2) is 6.12. The Hall–Kier alpha value is -2.76. The van der Waals surface area contributed by atoms with Crippen LogP contribution in [0.5, 0.6) is 0 Å². The van der Waals surface area contributed by atoms with Crippen molar-refractivity contribution in [3.8, 4) is 0 Å². The molecular weight excluding hydrogens is 358 g/mol. The maximum Gasteiger partial charge on any atom is 0.326 e. The molecule has 1 aliphatic heterocycles. The molecule has 6 heteroatoms. The van der Waals surface area contributed by atoms with Crippen LogP contribution in [0.15, 0.2) is 36.4 Å². The number of Topliss-reactive ketones (excluding diaryl/α,β-unsaturated/α-hetero) is 1. The lowest BCUT2D eigenvalue weighted by Gasteiger charge is -2.37. The van der Waals surface area contributed by atoms with E-state index < -0.39 is 19.1 Å². The van der Waals surface area contributed by atoms with E-state index in [1.54, 1.807) is 12.1 Å². The molecule has 3 fully saturated rings. The van der Waals surface area contributed by atoms with Crippen LogP contribution in [0.4, 0.5) is 0 Å². The van der Waals surface area contributed by atoms with Crippen LogP contribution in [0.25, 0.3) is 0 Å². The number of esters is 1. The van der Waals surface area contributed by atoms with Crippen molar-refractivity contribution in [2.75, 3.05) is 13.2 Å². The molecule has 6 rings (SSSR count). The van der Waals surface area contributed by atoms with Crippen molar-refractivity contribution in [3.05, 3.63) is 47.5 Å². The van der Waals surface area contributed by atoms with Gasteiger partial charge in [-0.05, 0) is 37.0 Å². The van der Waals surface area contributed by atoms with Crippen LogP contribution in [-0.2, 0) is 19.1 Å². The number of benzene rings is 1. The van der Waals surface area contributed by atoms with Gasteiger partial charge in [0.1, 0.15) is 6.54 Å². The van der Waals surface area contributed by atoms with E-state index >= 15 is 0 Å². The highest BCUT2D eigenvalue weighted by atomic mass is 16.5. The van der Waals surface area contributed by atoms with E-state index in [4.69, 9.17) is 4.74 Å². The Balaban J connectivity index is 1.21. The molecule has 1 aromatic rings. The van der Waals surface area contributed by atoms with Gasteiger partial charge in [0.25, 0.3) is 0 Å². The quantitative estimate of drug-likeness (QED) is 0.337. The van der Waals surface area contributed by atoms with Gasteiger partial charge in [-0.1, -0.05) is 42.0 Å². The monoisotopic (exact) mass is 379 g/mol. The lowest BCUT2D eigenvalue weighted by Crippen LogP contribution is -2.40. The molecule has 1 aromatic carbocycles. The molecule has 28 heavy (non-hydrogen) atoms. The number of amides is 2. The van der Waals surface area contributed by atoms with Crippen LogP contribution in [0.3, 0.4) is 0 Å². The summed E-state index contributed by atoms with van der Waals surface area (Å²) >= 11 is 0. The average molecular weight is 379 g/mol. The summed E-state index contributed by atoms with van der Waals surface area (Å²) in [5.74, 6) is -0.931. The standard InChI is InChI=1S/C22H21NO5/c1-11-2-4-12(5-3-11)17(24)10-28-18(25)9-23-21(26)19-13-6-7-14(16-8-15(13)16)20(19)22(23)27/h2-7,13-16,19-20H,8-10H2,1H3/t13-,14-,15-,16+,19+,20+/m0/s1. The van der Waals surface area contributed by atoms with Crippen LogP contribution in [0, 0.1) is 42.4 Å². The molecule has 2 amide bonds. The topological polar surface area (TPSA) is 80.8 Å². The smallest absolute Gasteiger partial charge is 0.326 e. The van der Waals surface area contributed by atoms with Crippen molar-refractivity contribution in [1.82, 2.24) is 4.90 Å². The molecule has 6 atom stereocenters. The van der Waals surface area contributed by atoms with Crippen molar-refractivity contribution in [3.63, 3.8) is 0 Å². The highest BCUT2D eigenvalue weighted by Gasteiger charge is 2.67. The van der Waals surface area contributed by atoms with Crippen molar-refractivity contribution in [2.45, 2.75) is 13.3 Å². The van der Waals surface area contributed by atoms with Gasteiger partial charge in [0.2, 0.25) is 11.8 Å². The van der Waals surface area contributed by atoms with Gasteiger partial charge in [-0.15, -0.1) is 0 Å². The number of ether oxygens (including phenoxy) is 1. The van der Waals surface area contributed by atoms with Crippen LogP contribution >= 0.6 is 0 Å². The number of carbonyl (C=O) groups is 4. The van der Waals surface area contributed by atoms with Gasteiger partial charge >= 0.3 is 5.97 Å². The van der Waals surface area contributed by atoms with Crippen LogP contribution in [0.1, 0.15) is 22.3 Å². The zero-order valence-corrected chi connectivity index (χ0v) is 15.5. The molecule has 2 bridgehead atoms. The predicted octanol–water partition coefficient (Wildman–Crippen LogP) is 1.77. The molecule has 0 spiro atoms. The van der Waals surface area contributed by atoms with Crippen LogP contribution in [0.2, 0.25) is 0 Å². The minimum Gasteiger partial charge on any atom is -0.456 e. The van der Waals surface area contributed by atoms with Crippen LogP contribution in [-0.4, -0.2) is 41.6 Å². The number of carbonyl (C=O) groups excluding carboxylic acids is 4. The second-order valence-corrected chi connectivity index (χ2v) is 8.37. The predicted molar refractivity (Wildman–Crippen MR) is 97.9 cm³/mol. The lowest BCUT2D eigenvalue weighted by atomic mass is 9.63. The van der Waals surface area contributed by atoms with E-state index in [1.165, 1.54) is 0 Å². The third-order valence-corrected chi connectivity index (χ3v) is 6.78. The molecule has 1 heterocycles. The Morgan fingerprint density at radius 3 is 2.14 bits per heavy atom. The minimum atomic E-state index is -0.730. The van der Waals surface area contributed by atoms with Gasteiger partial charge in [0.05, 0.1) is 11.8 Å². The first kappa shape index (κ1) is 17.3. The summed E-state index contributed by atoms with van der Waals surface area (Å²) in [5.41, 5.74) is 1.49. The molecule has 4 aliphatic carbocycles. The van der Waals surface area contributed by atoms with Crippen molar-refractivity contribution in [2.24, 2.45) is 35.5 Å². The fourth-order valence-corrected chi connectivity index (χ4v) is 5.32. The number of rotatable bonds is 5. The van der Waals surface area contributed by atoms with Crippen molar-refractivity contribution in [1.29, 1.82) is 0 Å². The normalized spacial score (nSPS) is 34.2. The third kappa shape index (κ3) is 2.54. The molecule has 5 aliphatic rings. The summed E-state index contributed by atoms with van der Waals surface area (Å²) < 4.78 is 5.05. The molecule has 0 aromatic heterocycles. The minimum absolute atomic E-state index is 0.126. The highest BCUT2D eigenvalue weighted by Crippen LogP contribution is 2.65. The SMILES string of the molecule is Cc1ccc(C(=O)COC(=O)CN2C(=O)[C@@H]3[C@H]4C=C[C@@H]([C@@H]5C[C@H]45)[C@H]3C2=O)cc1. The molecule has 0 unspecified atom stereocenters. The molecule has 0 N–H and O–H groups in total. The maximum atomic E-state index is 12.8. The number of imide groups is 1. The summed E-state index contributed by atoms with van der Waals surface area (Å²) in [5, 5.41) is 0. The second-order valence-electron chi connectivity index (χ2n) is 8.37. The lowest BCUT2D eigenvalue weighted by molar-refractivity contribution is -0.152. The molecular formula is C22H21NO5. The molecule has 6 nitrogen and oxygen atoms in total. The summed E-state index contributed by atoms with van der Waals surface area (Å²) in [6.45, 7) is 1.10. The van der Waals surface area contributed by atoms with E-state index in [0.29, 0.717) is 17.4 Å². The largest absolute Gasteiger partial charge is 0.456 e. The Kier molecular flexibility index (Phi) is 3.79. The maximum absolute atomic E-state index is 12.8. The van der Waals surface area contributed by atoms with Gasteiger partial charge < -0.3 is 4.74 Å². The average Bonchev–Trinajstić information content (AvgIpc) is 3.48. The Morgan fingerprint density at radius 2 is 1.57 bits per heavy atom. The van der Waals surface area contributed by atoms with E-state index in [9.17, 15) is 19.2 Å². The van der Waals surface area contributed by atoms with Gasteiger partial charge in [-0.3, -0.25) is 24.1 Å². The summed E-state index contributed by atoms with van der Waals surface area (Å²) in [6.07, 6.45) is 5.28. The van der Waals surface area contributed by atoms with Gasteiger partial charge in [0.15, 0.2) is 12.4 Å². The van der Waals surface area contributed by atoms with Crippen molar-refractivity contribution < 1.29 is 23.9 Å². The number of likely N-dealkylation sites (tertiary alicyclic amines) is 1. The molecule has 2 saturated carbocycles. The molecule has 0 radical (unpaired) electrons. The summed E-state index contributed by atoms with van der Waals surface area (Å²) in [7, 11) is 0. The van der Waals surface area contributed by atoms with E-state index in [0.717, 1.165) is 16.9 Å². The fourth-order valence-electron chi connectivity index (χ4n) is 5.32. The fraction of sp³-hybridized carbons (Fsp3) is 0.455. The first-order valence-electron chi connectivity index (χ1n) is 9.75. The van der Waals surface area contributed by atoms with Gasteiger partial charge in [0, 0.05) is 5.56 Å². The zero-order valence-electron chi connectivity index (χ0n) is 15.5. The Bertz CT molecular complexity index is 881. The van der Waals surface area contributed by atoms with Crippen LogP contribution < -0.4 is 0 Å². The first-order valence-corrected chi connectivity index (χ1v) is 9.75. The first-order chi connectivity index (χ1) is 13.5. The van der Waals surface area contributed by atoms with E-state index in [1.807, 2.05) is 19.1 Å². The van der Waals surface area contributed by atoms with Gasteiger partial charge in [-0.2, -0.15) is 0 Å². The van der Waals surface area contributed by atoms with E-state index in [2.05, 4.69) is 12.2 Å². The van der Waals surface area contributed by atoms with Gasteiger partial charge in [-0.25, -0.2) is 0 Å². The third-order valence-electron chi connectivity index (χ3n) is 6.78. The molecule has 1 saturated heterocycles. The highest BCUT2D eigenvalue weighted by molar-refractivity contribution is 6.08. The molecule has 144 valence electrons. The van der Waals surface area contributed by atoms with Crippen molar-refractivity contribution >= 4 is 23.6 Å². The number of hydrogen-bond donors (Lipinski definition) is 0. The number of allylic oxidation sites excluding steroid dienone is 2. The zero-order chi connectivity index (χ0) is 19.6. The number of ketones is 1. The number of nitrogens with zero attached hydrogens (tertiary/aromatic N) is 1. The number of hydrogen-bond acceptors (Lipinski definition) is 5. The summed E-state index contributed by atoms with van der Waals surface area (Å²) in [6, 6.07) is 6.98. The van der Waals surface area contributed by atoms with E-state index in [-0.39, 0.29) is 41.3 Å².